The molecule has 1 saturated heterocycles. The normalized spacial score (nSPS) is 30.8. The molecule has 2 aliphatic rings. The quantitative estimate of drug-likeness (QED) is 0.644. The van der Waals surface area contributed by atoms with Gasteiger partial charge in [-0.1, -0.05) is 26.0 Å². The number of fused-ring (bicyclic) bond motifs is 1. The molecule has 3 atom stereocenters. The van der Waals surface area contributed by atoms with Crippen molar-refractivity contribution in [2.24, 2.45) is 17.1 Å². The smallest absolute Gasteiger partial charge is 0.269 e. The largest absolute Gasteiger partial charge is 0.377 e. The third kappa shape index (κ3) is 2.39. The lowest BCUT2D eigenvalue weighted by molar-refractivity contribution is -0.384. The van der Waals surface area contributed by atoms with Crippen molar-refractivity contribution in [2.45, 2.75) is 44.9 Å². The van der Waals surface area contributed by atoms with Gasteiger partial charge in [0, 0.05) is 36.6 Å². The fourth-order valence-corrected chi connectivity index (χ4v) is 4.10. The van der Waals surface area contributed by atoms with Gasteiger partial charge in [0.25, 0.3) is 5.69 Å². The summed E-state index contributed by atoms with van der Waals surface area (Å²) in [4.78, 5) is 23.0. The van der Waals surface area contributed by atoms with Gasteiger partial charge >= 0.3 is 0 Å². The van der Waals surface area contributed by atoms with Gasteiger partial charge in [0.1, 0.15) is 5.54 Å². The molecule has 1 aliphatic carbocycles. The van der Waals surface area contributed by atoms with E-state index in [9.17, 15) is 14.9 Å². The Morgan fingerprint density at radius 1 is 1.42 bits per heavy atom. The van der Waals surface area contributed by atoms with Crippen molar-refractivity contribution in [3.63, 3.8) is 0 Å². The Hall–Kier alpha value is -1.99. The van der Waals surface area contributed by atoms with Crippen LogP contribution in [0.2, 0.25) is 0 Å². The predicted octanol–water partition coefficient (Wildman–Crippen LogP) is 1.74. The van der Waals surface area contributed by atoms with E-state index in [4.69, 9.17) is 10.5 Å². The molecule has 3 unspecified atom stereocenters. The number of amides is 1. The summed E-state index contributed by atoms with van der Waals surface area (Å²) >= 11 is 0. The first-order valence-corrected chi connectivity index (χ1v) is 8.20. The molecule has 3 rings (SSSR count). The summed E-state index contributed by atoms with van der Waals surface area (Å²) < 4.78 is 5.81. The van der Waals surface area contributed by atoms with E-state index in [1.807, 2.05) is 13.8 Å². The standard InChI is InChI=1S/C17H23N3O4/c1-16(2)14-13(4-3-9-24-14)17(16,18)15(21)19-10-11-5-7-12(8-6-11)20(22)23/h5-8,13-14H,3-4,9-10,18H2,1-2H3,(H,19,21). The molecule has 1 aromatic rings. The zero-order chi connectivity index (χ0) is 17.5. The Morgan fingerprint density at radius 2 is 2.08 bits per heavy atom. The fourth-order valence-electron chi connectivity index (χ4n) is 4.10. The lowest BCUT2D eigenvalue weighted by atomic mass is 9.46. The minimum Gasteiger partial charge on any atom is -0.377 e. The number of nitrogens with one attached hydrogen (secondary N) is 1. The van der Waals surface area contributed by atoms with E-state index >= 15 is 0 Å². The first-order chi connectivity index (χ1) is 11.3. The second kappa shape index (κ2) is 5.82. The van der Waals surface area contributed by atoms with Gasteiger partial charge in [0.15, 0.2) is 0 Å². The number of nitrogens with two attached hydrogens (primary N) is 1. The van der Waals surface area contributed by atoms with Crippen LogP contribution in [0.1, 0.15) is 32.3 Å². The number of nitrogens with zero attached hydrogens (tertiary/aromatic N) is 1. The van der Waals surface area contributed by atoms with Gasteiger partial charge in [-0.3, -0.25) is 14.9 Å². The van der Waals surface area contributed by atoms with Crippen molar-refractivity contribution in [1.29, 1.82) is 0 Å². The highest BCUT2D eigenvalue weighted by molar-refractivity contribution is 5.89. The monoisotopic (exact) mass is 333 g/mol. The van der Waals surface area contributed by atoms with Crippen LogP contribution in [-0.4, -0.2) is 29.1 Å². The third-order valence-corrected chi connectivity index (χ3v) is 5.66. The van der Waals surface area contributed by atoms with Crippen molar-refractivity contribution in [2.75, 3.05) is 6.61 Å². The Bertz CT molecular complexity index is 658. The number of non-ortho nitro benzene ring substituents is 1. The Balaban J connectivity index is 1.67. The van der Waals surface area contributed by atoms with Crippen LogP contribution >= 0.6 is 0 Å². The van der Waals surface area contributed by atoms with Gasteiger partial charge in [-0.05, 0) is 18.4 Å². The van der Waals surface area contributed by atoms with Crippen LogP contribution in [0, 0.1) is 21.4 Å². The van der Waals surface area contributed by atoms with Crippen LogP contribution in [0.5, 0.6) is 0 Å². The summed E-state index contributed by atoms with van der Waals surface area (Å²) in [5.41, 5.74) is 5.99. The van der Waals surface area contributed by atoms with Crippen molar-refractivity contribution in [3.05, 3.63) is 39.9 Å². The van der Waals surface area contributed by atoms with Crippen LogP contribution in [0.3, 0.4) is 0 Å². The Labute approximate surface area is 140 Å². The van der Waals surface area contributed by atoms with Crippen LogP contribution in [0.4, 0.5) is 5.69 Å². The average molecular weight is 333 g/mol. The van der Waals surface area contributed by atoms with E-state index in [2.05, 4.69) is 5.32 Å². The zero-order valence-corrected chi connectivity index (χ0v) is 14.0. The molecule has 2 fully saturated rings. The van der Waals surface area contributed by atoms with E-state index in [0.717, 1.165) is 25.0 Å². The molecular formula is C17H23N3O4. The minimum absolute atomic E-state index is 0.0291. The lowest BCUT2D eigenvalue weighted by Gasteiger charge is -2.65. The fraction of sp³-hybridized carbons (Fsp3) is 0.588. The Kier molecular flexibility index (Phi) is 4.09. The molecule has 1 heterocycles. The van der Waals surface area contributed by atoms with E-state index in [1.165, 1.54) is 12.1 Å². The summed E-state index contributed by atoms with van der Waals surface area (Å²) in [6.45, 7) is 4.98. The van der Waals surface area contributed by atoms with E-state index in [1.54, 1.807) is 12.1 Å². The molecule has 1 aliphatic heterocycles. The number of carbonyl (C=O) groups is 1. The van der Waals surface area contributed by atoms with Crippen molar-refractivity contribution in [3.8, 4) is 0 Å². The molecule has 0 aromatic heterocycles. The molecular weight excluding hydrogens is 310 g/mol. The summed E-state index contributed by atoms with van der Waals surface area (Å²) in [6, 6.07) is 6.13. The minimum atomic E-state index is -0.946. The summed E-state index contributed by atoms with van der Waals surface area (Å²) in [7, 11) is 0. The maximum absolute atomic E-state index is 12.8. The highest BCUT2D eigenvalue weighted by Gasteiger charge is 2.70. The molecule has 0 spiro atoms. The highest BCUT2D eigenvalue weighted by atomic mass is 16.6. The predicted molar refractivity (Wildman–Crippen MR) is 88.1 cm³/mol. The van der Waals surface area contributed by atoms with Crippen LogP contribution in [0.15, 0.2) is 24.3 Å². The topological polar surface area (TPSA) is 107 Å². The van der Waals surface area contributed by atoms with Crippen molar-refractivity contribution in [1.82, 2.24) is 5.32 Å². The number of ether oxygens (including phenoxy) is 1. The number of nitro groups is 1. The second-order valence-electron chi connectivity index (χ2n) is 7.24. The molecule has 1 aromatic carbocycles. The molecule has 1 amide bonds. The van der Waals surface area contributed by atoms with Gasteiger partial charge in [0.2, 0.25) is 5.91 Å². The molecule has 7 nitrogen and oxygen atoms in total. The number of nitro benzene ring substituents is 1. The molecule has 0 bridgehead atoms. The van der Waals surface area contributed by atoms with Crippen LogP contribution in [0.25, 0.3) is 0 Å². The number of benzene rings is 1. The van der Waals surface area contributed by atoms with Gasteiger partial charge < -0.3 is 15.8 Å². The van der Waals surface area contributed by atoms with E-state index in [-0.39, 0.29) is 23.6 Å². The number of rotatable bonds is 4. The summed E-state index contributed by atoms with van der Waals surface area (Å²) in [6.07, 6.45) is 1.85. The molecule has 1 saturated carbocycles. The Morgan fingerprint density at radius 3 is 2.71 bits per heavy atom. The first kappa shape index (κ1) is 16.9. The van der Waals surface area contributed by atoms with Crippen LogP contribution < -0.4 is 11.1 Å². The SMILES string of the molecule is CC1(C)C2OCCCC2C1(N)C(=O)NCc1ccc([N+](=O)[O-])cc1. The van der Waals surface area contributed by atoms with Gasteiger partial charge in [-0.25, -0.2) is 0 Å². The highest BCUT2D eigenvalue weighted by Crippen LogP contribution is 2.57. The average Bonchev–Trinajstić information content (AvgIpc) is 2.59. The summed E-state index contributed by atoms with van der Waals surface area (Å²) in [5.74, 6) is -0.143. The zero-order valence-electron chi connectivity index (χ0n) is 14.0. The second-order valence-corrected chi connectivity index (χ2v) is 7.24. The molecule has 24 heavy (non-hydrogen) atoms. The molecule has 7 heteroatoms. The molecule has 130 valence electrons. The summed E-state index contributed by atoms with van der Waals surface area (Å²) in [5, 5.41) is 13.6. The van der Waals surface area contributed by atoms with Crippen molar-refractivity contribution >= 4 is 11.6 Å². The van der Waals surface area contributed by atoms with Gasteiger partial charge in [-0.15, -0.1) is 0 Å². The molecule has 3 N–H and O–H groups in total. The molecule has 0 radical (unpaired) electrons. The number of hydrogen-bond donors (Lipinski definition) is 2. The maximum Gasteiger partial charge on any atom is 0.269 e. The first-order valence-electron chi connectivity index (χ1n) is 8.20. The van der Waals surface area contributed by atoms with Crippen LogP contribution in [-0.2, 0) is 16.1 Å². The third-order valence-electron chi connectivity index (χ3n) is 5.66. The van der Waals surface area contributed by atoms with Gasteiger partial charge in [-0.2, -0.15) is 0 Å². The number of carbonyl (C=O) groups excluding carboxylic acids is 1. The van der Waals surface area contributed by atoms with Crippen molar-refractivity contribution < 1.29 is 14.5 Å². The number of hydrogen-bond acceptors (Lipinski definition) is 5. The lowest BCUT2D eigenvalue weighted by Crippen LogP contribution is -2.82. The van der Waals surface area contributed by atoms with E-state index in [0.29, 0.717) is 6.54 Å². The van der Waals surface area contributed by atoms with E-state index < -0.39 is 15.9 Å². The maximum atomic E-state index is 12.8. The van der Waals surface area contributed by atoms with Gasteiger partial charge in [0.05, 0.1) is 11.0 Å².